The van der Waals surface area contributed by atoms with Gasteiger partial charge in [-0.1, -0.05) is 24.6 Å². The molecule has 3 atom stereocenters. The molecule has 1 aliphatic rings. The second kappa shape index (κ2) is 6.79. The summed E-state index contributed by atoms with van der Waals surface area (Å²) in [5.41, 5.74) is 8.31. The van der Waals surface area contributed by atoms with E-state index in [-0.39, 0.29) is 18.2 Å². The molecule has 0 amide bonds. The van der Waals surface area contributed by atoms with Gasteiger partial charge >= 0.3 is 0 Å². The lowest BCUT2D eigenvalue weighted by molar-refractivity contribution is -0.00520. The molecule has 3 nitrogen and oxygen atoms in total. The lowest BCUT2D eigenvalue weighted by atomic mass is 10.0. The van der Waals surface area contributed by atoms with Gasteiger partial charge in [0.2, 0.25) is 0 Å². The standard InChI is InChI=1S/C16H25ClN2O/c1-4-14(18)7-13-5-6-16(15(17)8-13)19-9-11(2)20-12(3)10-19/h5-6,8,11-12,14H,4,7,9-10,18H2,1-3H3. The summed E-state index contributed by atoms with van der Waals surface area (Å²) in [6.07, 6.45) is 2.34. The maximum Gasteiger partial charge on any atom is 0.0726 e. The fourth-order valence-corrected chi connectivity index (χ4v) is 3.08. The summed E-state index contributed by atoms with van der Waals surface area (Å²) >= 11 is 6.46. The largest absolute Gasteiger partial charge is 0.372 e. The van der Waals surface area contributed by atoms with Crippen LogP contribution in [0.4, 0.5) is 5.69 Å². The SMILES string of the molecule is CCC(N)Cc1ccc(N2CC(C)OC(C)C2)c(Cl)c1. The van der Waals surface area contributed by atoms with E-state index in [1.54, 1.807) is 0 Å². The molecule has 4 heteroatoms. The van der Waals surface area contributed by atoms with E-state index in [0.29, 0.717) is 0 Å². The molecular formula is C16H25ClN2O. The van der Waals surface area contributed by atoms with Crippen LogP contribution < -0.4 is 10.6 Å². The Morgan fingerprint density at radius 3 is 2.55 bits per heavy atom. The van der Waals surface area contributed by atoms with E-state index in [4.69, 9.17) is 22.1 Å². The summed E-state index contributed by atoms with van der Waals surface area (Å²) in [6.45, 7) is 8.09. The van der Waals surface area contributed by atoms with Crippen molar-refractivity contribution in [1.82, 2.24) is 0 Å². The molecule has 3 unspecified atom stereocenters. The second-order valence-corrected chi connectivity index (χ2v) is 6.23. The minimum atomic E-state index is 0.209. The molecule has 0 spiro atoms. The zero-order chi connectivity index (χ0) is 14.7. The number of nitrogens with two attached hydrogens (primary N) is 1. The van der Waals surface area contributed by atoms with Gasteiger partial charge in [0.05, 0.1) is 22.9 Å². The summed E-state index contributed by atoms with van der Waals surface area (Å²) in [7, 11) is 0. The van der Waals surface area contributed by atoms with Crippen LogP contribution in [-0.4, -0.2) is 31.3 Å². The minimum Gasteiger partial charge on any atom is -0.372 e. The van der Waals surface area contributed by atoms with Crippen molar-refractivity contribution in [1.29, 1.82) is 0 Å². The Morgan fingerprint density at radius 1 is 1.35 bits per heavy atom. The van der Waals surface area contributed by atoms with Crippen molar-refractivity contribution in [2.45, 2.75) is 51.9 Å². The first-order chi connectivity index (χ1) is 9.49. The smallest absolute Gasteiger partial charge is 0.0726 e. The molecular weight excluding hydrogens is 272 g/mol. The van der Waals surface area contributed by atoms with Crippen LogP contribution in [0, 0.1) is 0 Å². The Hall–Kier alpha value is -0.770. The average molecular weight is 297 g/mol. The number of morpholine rings is 1. The molecule has 20 heavy (non-hydrogen) atoms. The van der Waals surface area contributed by atoms with Crippen molar-refractivity contribution < 1.29 is 4.74 Å². The fourth-order valence-electron chi connectivity index (χ4n) is 2.76. The molecule has 0 aliphatic carbocycles. The number of anilines is 1. The number of nitrogens with zero attached hydrogens (tertiary/aromatic N) is 1. The quantitative estimate of drug-likeness (QED) is 0.927. The molecule has 2 rings (SSSR count). The van der Waals surface area contributed by atoms with Gasteiger partial charge in [-0.15, -0.1) is 0 Å². The maximum absolute atomic E-state index is 6.46. The van der Waals surface area contributed by atoms with E-state index in [1.165, 1.54) is 5.56 Å². The van der Waals surface area contributed by atoms with E-state index >= 15 is 0 Å². The molecule has 0 bridgehead atoms. The van der Waals surface area contributed by atoms with E-state index in [2.05, 4.69) is 43.9 Å². The number of rotatable bonds is 4. The maximum atomic E-state index is 6.46. The highest BCUT2D eigenvalue weighted by atomic mass is 35.5. The Bertz CT molecular complexity index is 442. The van der Waals surface area contributed by atoms with E-state index in [0.717, 1.165) is 36.6 Å². The number of hydrogen-bond acceptors (Lipinski definition) is 3. The Balaban J connectivity index is 2.13. The van der Waals surface area contributed by atoms with Crippen molar-refractivity contribution in [3.63, 3.8) is 0 Å². The van der Waals surface area contributed by atoms with E-state index in [9.17, 15) is 0 Å². The Labute approximate surface area is 127 Å². The highest BCUT2D eigenvalue weighted by molar-refractivity contribution is 6.33. The van der Waals surface area contributed by atoms with Gasteiger partial charge in [0, 0.05) is 19.1 Å². The summed E-state index contributed by atoms with van der Waals surface area (Å²) < 4.78 is 5.77. The molecule has 1 saturated heterocycles. The summed E-state index contributed by atoms with van der Waals surface area (Å²) in [4.78, 5) is 2.31. The van der Waals surface area contributed by atoms with Gasteiger partial charge in [-0.05, 0) is 44.4 Å². The summed E-state index contributed by atoms with van der Waals surface area (Å²) in [5.74, 6) is 0. The zero-order valence-electron chi connectivity index (χ0n) is 12.6. The number of benzene rings is 1. The third kappa shape index (κ3) is 3.87. The highest BCUT2D eigenvalue weighted by Crippen LogP contribution is 2.29. The Kier molecular flexibility index (Phi) is 5.30. The van der Waals surface area contributed by atoms with Gasteiger partial charge in [0.25, 0.3) is 0 Å². The van der Waals surface area contributed by atoms with E-state index < -0.39 is 0 Å². The van der Waals surface area contributed by atoms with Crippen molar-refractivity contribution in [2.75, 3.05) is 18.0 Å². The van der Waals surface area contributed by atoms with Crippen LogP contribution in [0.5, 0.6) is 0 Å². The van der Waals surface area contributed by atoms with Crippen LogP contribution in [0.15, 0.2) is 18.2 Å². The van der Waals surface area contributed by atoms with Crippen LogP contribution in [0.3, 0.4) is 0 Å². The molecule has 0 radical (unpaired) electrons. The molecule has 1 heterocycles. The average Bonchev–Trinajstić information content (AvgIpc) is 2.37. The predicted molar refractivity (Wildman–Crippen MR) is 85.6 cm³/mol. The molecule has 1 fully saturated rings. The minimum absolute atomic E-state index is 0.209. The number of halogens is 1. The first-order valence-corrected chi connectivity index (χ1v) is 7.81. The van der Waals surface area contributed by atoms with Crippen LogP contribution in [0.2, 0.25) is 5.02 Å². The third-order valence-corrected chi connectivity index (χ3v) is 4.10. The normalized spacial score (nSPS) is 24.8. The number of hydrogen-bond donors (Lipinski definition) is 1. The molecule has 2 N–H and O–H groups in total. The fraction of sp³-hybridized carbons (Fsp3) is 0.625. The molecule has 1 aromatic carbocycles. The summed E-state index contributed by atoms with van der Waals surface area (Å²) in [6, 6.07) is 6.52. The van der Waals surface area contributed by atoms with Gasteiger partial charge in [-0.2, -0.15) is 0 Å². The van der Waals surface area contributed by atoms with Crippen LogP contribution >= 0.6 is 11.6 Å². The van der Waals surface area contributed by atoms with Crippen LogP contribution in [0.25, 0.3) is 0 Å². The van der Waals surface area contributed by atoms with E-state index in [1.807, 2.05) is 0 Å². The molecule has 0 saturated carbocycles. The Morgan fingerprint density at radius 2 is 2.00 bits per heavy atom. The van der Waals surface area contributed by atoms with Gasteiger partial charge in [0.1, 0.15) is 0 Å². The molecule has 1 aromatic rings. The first-order valence-electron chi connectivity index (χ1n) is 7.44. The predicted octanol–water partition coefficient (Wildman–Crippen LogP) is 3.23. The van der Waals surface area contributed by atoms with Crippen molar-refractivity contribution >= 4 is 17.3 Å². The highest BCUT2D eigenvalue weighted by Gasteiger charge is 2.23. The topological polar surface area (TPSA) is 38.5 Å². The molecule has 112 valence electrons. The first kappa shape index (κ1) is 15.6. The van der Waals surface area contributed by atoms with Crippen LogP contribution in [-0.2, 0) is 11.2 Å². The zero-order valence-corrected chi connectivity index (χ0v) is 13.4. The molecule has 1 aliphatic heterocycles. The van der Waals surface area contributed by atoms with Gasteiger partial charge in [0.15, 0.2) is 0 Å². The third-order valence-electron chi connectivity index (χ3n) is 3.79. The van der Waals surface area contributed by atoms with Crippen molar-refractivity contribution in [3.8, 4) is 0 Å². The molecule has 0 aromatic heterocycles. The number of ether oxygens (including phenoxy) is 1. The monoisotopic (exact) mass is 296 g/mol. The van der Waals surface area contributed by atoms with Crippen molar-refractivity contribution in [2.24, 2.45) is 5.73 Å². The van der Waals surface area contributed by atoms with Crippen LogP contribution in [0.1, 0.15) is 32.8 Å². The lowest BCUT2D eigenvalue weighted by Gasteiger charge is -2.37. The second-order valence-electron chi connectivity index (χ2n) is 5.82. The van der Waals surface area contributed by atoms with Gasteiger partial charge in [-0.3, -0.25) is 0 Å². The summed E-state index contributed by atoms with van der Waals surface area (Å²) in [5, 5.41) is 0.812. The van der Waals surface area contributed by atoms with Crippen molar-refractivity contribution in [3.05, 3.63) is 28.8 Å². The van der Waals surface area contributed by atoms with Gasteiger partial charge < -0.3 is 15.4 Å². The van der Waals surface area contributed by atoms with Gasteiger partial charge in [-0.25, -0.2) is 0 Å². The lowest BCUT2D eigenvalue weighted by Crippen LogP contribution is -2.45.